The highest BCUT2D eigenvalue weighted by atomic mass is 32.2. The van der Waals surface area contributed by atoms with Crippen molar-refractivity contribution >= 4 is 22.8 Å². The highest BCUT2D eigenvalue weighted by Crippen LogP contribution is 2.49. The molecule has 1 heterocycles. The molecular weight excluding hydrogens is 542 g/mol. The van der Waals surface area contributed by atoms with Gasteiger partial charge >= 0.3 is 12.3 Å². The number of hydrogen-bond acceptors (Lipinski definition) is 7. The second-order valence-electron chi connectivity index (χ2n) is 8.42. The zero-order valence-electron chi connectivity index (χ0n) is 20.7. The smallest absolute Gasteiger partial charge is 0.494 e. The lowest BCUT2D eigenvalue weighted by Gasteiger charge is -2.19. The Balaban J connectivity index is 1.56. The molecule has 12 heteroatoms. The Morgan fingerprint density at radius 2 is 1.77 bits per heavy atom. The van der Waals surface area contributed by atoms with E-state index in [2.05, 4.69) is 4.74 Å². The molecule has 0 amide bonds. The third kappa shape index (κ3) is 7.34. The number of alkyl halides is 3. The van der Waals surface area contributed by atoms with Crippen molar-refractivity contribution in [3.8, 4) is 23.0 Å². The fraction of sp³-hybridized carbons (Fsp3) is 0.259. The van der Waals surface area contributed by atoms with E-state index < -0.39 is 36.0 Å². The van der Waals surface area contributed by atoms with Crippen molar-refractivity contribution in [2.24, 2.45) is 4.99 Å². The third-order valence-electron chi connectivity index (χ3n) is 5.63. The van der Waals surface area contributed by atoms with Crippen LogP contribution in [0.15, 0.2) is 65.7 Å². The van der Waals surface area contributed by atoms with Crippen LogP contribution in [-0.2, 0) is 4.79 Å². The summed E-state index contributed by atoms with van der Waals surface area (Å²) in [4.78, 5) is 15.5. The van der Waals surface area contributed by atoms with Gasteiger partial charge in [0.15, 0.2) is 18.2 Å². The fourth-order valence-electron chi connectivity index (χ4n) is 3.95. The van der Waals surface area contributed by atoms with Gasteiger partial charge in [-0.05, 0) is 66.1 Å². The number of hydrogen-bond donors (Lipinski definition) is 1. The highest BCUT2D eigenvalue weighted by Gasteiger charge is 2.35. The molecule has 0 fully saturated rings. The first-order valence-corrected chi connectivity index (χ1v) is 12.4. The van der Waals surface area contributed by atoms with E-state index >= 15 is 0 Å². The SMILES string of the molecule is COc1ccc(C2N=C(COc3ccc(OCC(=O)O)c(C)c3)SC2c2cccc(OC(F)(F)F)c2)cc1F. The van der Waals surface area contributed by atoms with E-state index in [-0.39, 0.29) is 18.1 Å². The first-order valence-electron chi connectivity index (χ1n) is 11.5. The molecule has 39 heavy (non-hydrogen) atoms. The number of carboxylic acid groups (broad SMARTS) is 1. The largest absolute Gasteiger partial charge is 0.573 e. The van der Waals surface area contributed by atoms with Crippen molar-refractivity contribution in [3.63, 3.8) is 0 Å². The number of aliphatic imine (C=N–C) groups is 1. The summed E-state index contributed by atoms with van der Waals surface area (Å²) in [6, 6.07) is 14.3. The molecular formula is C27H23F4NO6S. The maximum Gasteiger partial charge on any atom is 0.573 e. The quantitative estimate of drug-likeness (QED) is 0.281. The Bertz CT molecular complexity index is 1380. The molecule has 0 saturated heterocycles. The molecule has 0 spiro atoms. The molecule has 0 saturated carbocycles. The van der Waals surface area contributed by atoms with Crippen molar-refractivity contribution in [2.75, 3.05) is 20.3 Å². The van der Waals surface area contributed by atoms with Crippen molar-refractivity contribution < 1.29 is 46.4 Å². The van der Waals surface area contributed by atoms with Crippen LogP contribution < -0.4 is 18.9 Å². The van der Waals surface area contributed by atoms with Gasteiger partial charge in [-0.2, -0.15) is 0 Å². The van der Waals surface area contributed by atoms with E-state index in [0.29, 0.717) is 33.2 Å². The molecule has 1 aliphatic rings. The summed E-state index contributed by atoms with van der Waals surface area (Å²) in [6.45, 7) is 1.31. The average Bonchev–Trinajstić information content (AvgIpc) is 3.30. The Hall–Kier alpha value is -3.93. The van der Waals surface area contributed by atoms with Crippen LogP contribution in [0.25, 0.3) is 0 Å². The average molecular weight is 566 g/mol. The van der Waals surface area contributed by atoms with Gasteiger partial charge < -0.3 is 24.1 Å². The Morgan fingerprint density at radius 3 is 2.44 bits per heavy atom. The van der Waals surface area contributed by atoms with Gasteiger partial charge in [0.2, 0.25) is 0 Å². The number of carboxylic acids is 1. The van der Waals surface area contributed by atoms with Crippen LogP contribution in [0.1, 0.15) is 28.0 Å². The maximum atomic E-state index is 14.5. The van der Waals surface area contributed by atoms with E-state index in [1.165, 1.54) is 49.2 Å². The lowest BCUT2D eigenvalue weighted by atomic mass is 9.98. The van der Waals surface area contributed by atoms with E-state index in [1.54, 1.807) is 37.3 Å². The number of thioether (sulfide) groups is 1. The number of halogens is 4. The van der Waals surface area contributed by atoms with Gasteiger partial charge in [-0.25, -0.2) is 9.18 Å². The molecule has 0 radical (unpaired) electrons. The van der Waals surface area contributed by atoms with E-state index in [9.17, 15) is 22.4 Å². The first-order chi connectivity index (χ1) is 18.5. The fourth-order valence-corrected chi connectivity index (χ4v) is 5.17. The molecule has 206 valence electrons. The molecule has 1 aliphatic heterocycles. The number of benzene rings is 3. The minimum atomic E-state index is -4.85. The number of nitrogens with zero attached hydrogens (tertiary/aromatic N) is 1. The molecule has 7 nitrogen and oxygen atoms in total. The van der Waals surface area contributed by atoms with Crippen LogP contribution in [-0.4, -0.2) is 42.8 Å². The molecule has 1 N–H and O–H groups in total. The van der Waals surface area contributed by atoms with Crippen LogP contribution in [0.2, 0.25) is 0 Å². The summed E-state index contributed by atoms with van der Waals surface area (Å²) in [5.41, 5.74) is 1.69. The molecule has 0 aliphatic carbocycles. The number of ether oxygens (including phenoxy) is 4. The zero-order valence-corrected chi connectivity index (χ0v) is 21.5. The van der Waals surface area contributed by atoms with Crippen molar-refractivity contribution in [1.29, 1.82) is 0 Å². The van der Waals surface area contributed by atoms with Crippen LogP contribution >= 0.6 is 11.8 Å². The highest BCUT2D eigenvalue weighted by molar-refractivity contribution is 8.14. The predicted octanol–water partition coefficient (Wildman–Crippen LogP) is 6.51. The van der Waals surface area contributed by atoms with E-state index in [1.807, 2.05) is 0 Å². The Morgan fingerprint density at radius 1 is 1.00 bits per heavy atom. The predicted molar refractivity (Wildman–Crippen MR) is 136 cm³/mol. The lowest BCUT2D eigenvalue weighted by molar-refractivity contribution is -0.274. The number of rotatable bonds is 10. The van der Waals surface area contributed by atoms with Gasteiger partial charge in [0.05, 0.1) is 18.4 Å². The normalized spacial score (nSPS) is 16.9. The summed E-state index contributed by atoms with van der Waals surface area (Å²) < 4.78 is 73.1. The van der Waals surface area contributed by atoms with E-state index in [4.69, 9.17) is 24.3 Å². The molecule has 2 atom stereocenters. The summed E-state index contributed by atoms with van der Waals surface area (Å²) in [5, 5.41) is 8.85. The van der Waals surface area contributed by atoms with Crippen molar-refractivity contribution in [1.82, 2.24) is 0 Å². The molecule has 0 bridgehead atoms. The number of aliphatic carboxylic acids is 1. The summed E-state index contributed by atoms with van der Waals surface area (Å²) in [7, 11) is 1.35. The van der Waals surface area contributed by atoms with Crippen LogP contribution in [0.3, 0.4) is 0 Å². The second kappa shape index (κ2) is 11.9. The van der Waals surface area contributed by atoms with Gasteiger partial charge in [0, 0.05) is 0 Å². The summed E-state index contributed by atoms with van der Waals surface area (Å²) in [6.07, 6.45) is -4.85. The van der Waals surface area contributed by atoms with Gasteiger partial charge in [-0.3, -0.25) is 4.99 Å². The first kappa shape index (κ1) is 28.1. The zero-order chi connectivity index (χ0) is 28.2. The third-order valence-corrected chi connectivity index (χ3v) is 6.91. The number of methoxy groups -OCH3 is 1. The summed E-state index contributed by atoms with van der Waals surface area (Å²) in [5.74, 6) is -1.11. The molecule has 4 rings (SSSR count). The molecule has 2 unspecified atom stereocenters. The maximum absolute atomic E-state index is 14.5. The van der Waals surface area contributed by atoms with Gasteiger partial charge in [-0.15, -0.1) is 13.2 Å². The minimum absolute atomic E-state index is 0.0455. The Labute approximate surface area is 225 Å². The van der Waals surface area contributed by atoms with Crippen LogP contribution in [0, 0.1) is 12.7 Å². The van der Waals surface area contributed by atoms with Crippen molar-refractivity contribution in [3.05, 3.63) is 83.2 Å². The van der Waals surface area contributed by atoms with Crippen molar-refractivity contribution in [2.45, 2.75) is 24.6 Å². The second-order valence-corrected chi connectivity index (χ2v) is 9.63. The molecule has 3 aromatic rings. The lowest BCUT2D eigenvalue weighted by Crippen LogP contribution is -2.17. The standard InChI is InChI=1S/C27H23F4NO6S/c1-15-10-18(7-9-21(15)37-14-24(33)34)36-13-23-32-25(16-6-8-22(35-2)20(28)12-16)26(39-23)17-4-3-5-19(11-17)38-27(29,30)31/h3-12,25-26H,13-14H2,1-2H3,(H,33,34). The number of carbonyl (C=O) groups is 1. The van der Waals surface area contributed by atoms with E-state index in [0.717, 1.165) is 0 Å². The Kier molecular flexibility index (Phi) is 8.54. The molecule has 0 aromatic heterocycles. The van der Waals surface area contributed by atoms with Gasteiger partial charge in [0.1, 0.15) is 28.9 Å². The van der Waals surface area contributed by atoms with Gasteiger partial charge in [0.25, 0.3) is 0 Å². The number of aryl methyl sites for hydroxylation is 1. The topological polar surface area (TPSA) is 86.6 Å². The summed E-state index contributed by atoms with van der Waals surface area (Å²) >= 11 is 1.29. The van der Waals surface area contributed by atoms with Crippen LogP contribution in [0.5, 0.6) is 23.0 Å². The van der Waals surface area contributed by atoms with Crippen LogP contribution in [0.4, 0.5) is 17.6 Å². The monoisotopic (exact) mass is 565 g/mol. The minimum Gasteiger partial charge on any atom is -0.494 e. The molecule has 3 aromatic carbocycles. The van der Waals surface area contributed by atoms with Gasteiger partial charge in [-0.1, -0.05) is 30.0 Å².